The third-order valence-corrected chi connectivity index (χ3v) is 11.7. The molecule has 62 heavy (non-hydrogen) atoms. The number of benzene rings is 8. The van der Waals surface area contributed by atoms with E-state index in [-0.39, 0.29) is 21.1 Å². The van der Waals surface area contributed by atoms with Crippen LogP contribution in [0.5, 0.6) is 11.5 Å². The van der Waals surface area contributed by atoms with Crippen molar-refractivity contribution in [1.29, 1.82) is 0 Å². The maximum absolute atomic E-state index is 6.61. The molecule has 0 aliphatic rings. The smallest absolute Gasteiger partial charge is 0.268 e. The Labute approximate surface area is 369 Å². The Morgan fingerprint density at radius 1 is 0.516 bits per heavy atom. The number of hydrogen-bond donors (Lipinski definition) is 0. The first-order valence-corrected chi connectivity index (χ1v) is 20.2. The van der Waals surface area contributed by atoms with E-state index in [1.165, 1.54) is 10.8 Å². The second-order valence-corrected chi connectivity index (χ2v) is 15.2. The van der Waals surface area contributed by atoms with Crippen LogP contribution in [0.3, 0.4) is 0 Å². The molecule has 0 aliphatic carbocycles. The van der Waals surface area contributed by atoms with Crippen LogP contribution in [0.4, 0.5) is 0 Å². The molecule has 8 aromatic carbocycles. The molecule has 0 atom stereocenters. The summed E-state index contributed by atoms with van der Waals surface area (Å²) in [6.45, 7) is 0. The van der Waals surface area contributed by atoms with Crippen molar-refractivity contribution in [2.45, 2.75) is 0 Å². The molecule has 0 fully saturated rings. The summed E-state index contributed by atoms with van der Waals surface area (Å²) in [5, 5.41) is 6.60. The van der Waals surface area contributed by atoms with Gasteiger partial charge in [-0.15, -0.1) is 29.7 Å². The van der Waals surface area contributed by atoms with E-state index in [2.05, 4.69) is 176 Å². The number of nitrogens with zero attached hydrogens (tertiary/aromatic N) is 5. The minimum Gasteiger partial charge on any atom is -0.510 e. The van der Waals surface area contributed by atoms with Crippen molar-refractivity contribution in [2.24, 2.45) is 0 Å². The molecule has 0 spiro atoms. The number of rotatable bonds is 6. The second kappa shape index (κ2) is 14.2. The van der Waals surface area contributed by atoms with Gasteiger partial charge in [-0.05, 0) is 53.5 Å². The van der Waals surface area contributed by atoms with Gasteiger partial charge in [-0.25, -0.2) is 4.98 Å². The Morgan fingerprint density at radius 2 is 1.19 bits per heavy atom. The van der Waals surface area contributed by atoms with Crippen LogP contribution in [0.1, 0.15) is 0 Å². The van der Waals surface area contributed by atoms with Crippen LogP contribution in [0.15, 0.2) is 193 Å². The minimum atomic E-state index is 0. The van der Waals surface area contributed by atoms with Crippen LogP contribution in [0.2, 0.25) is 0 Å². The third kappa shape index (κ3) is 5.48. The Hall–Kier alpha value is -7.73. The topological polar surface area (TPSA) is 53.9 Å². The van der Waals surface area contributed by atoms with E-state index in [0.29, 0.717) is 11.5 Å². The molecule has 0 radical (unpaired) electrons. The van der Waals surface area contributed by atoms with Gasteiger partial charge in [0, 0.05) is 65.3 Å². The van der Waals surface area contributed by atoms with E-state index in [1.54, 1.807) is 6.20 Å². The normalized spacial score (nSPS) is 11.7. The summed E-state index contributed by atoms with van der Waals surface area (Å²) in [6, 6.07) is 69.8. The van der Waals surface area contributed by atoms with E-state index in [9.17, 15) is 0 Å². The van der Waals surface area contributed by atoms with Crippen LogP contribution in [-0.2, 0) is 21.1 Å². The molecular weight excluding hydrogens is 946 g/mol. The second-order valence-electron chi connectivity index (χ2n) is 15.2. The van der Waals surface area contributed by atoms with Gasteiger partial charge in [-0.3, -0.25) is 4.57 Å². The first-order valence-electron chi connectivity index (χ1n) is 20.2. The maximum atomic E-state index is 6.61. The quantitative estimate of drug-likeness (QED) is 0.123. The Morgan fingerprint density at radius 3 is 2.05 bits per heavy atom. The molecule has 0 amide bonds. The van der Waals surface area contributed by atoms with Crippen LogP contribution < -0.4 is 9.30 Å². The van der Waals surface area contributed by atoms with Crippen LogP contribution in [0.25, 0.3) is 99.5 Å². The molecule has 8 heteroatoms. The van der Waals surface area contributed by atoms with Gasteiger partial charge in [0.05, 0.1) is 34.0 Å². The summed E-state index contributed by atoms with van der Waals surface area (Å²) in [5.74, 6) is 1.90. The Balaban J connectivity index is 0.00000410. The number of furan rings is 1. The largest absolute Gasteiger partial charge is 0.510 e. The van der Waals surface area contributed by atoms with Crippen molar-refractivity contribution in [3.63, 3.8) is 0 Å². The average Bonchev–Trinajstić information content (AvgIpc) is 4.07. The van der Waals surface area contributed by atoms with Crippen molar-refractivity contribution in [1.82, 2.24) is 18.7 Å². The predicted molar refractivity (Wildman–Crippen MR) is 242 cm³/mol. The van der Waals surface area contributed by atoms with E-state index >= 15 is 0 Å². The molecule has 296 valence electrons. The van der Waals surface area contributed by atoms with Gasteiger partial charge in [0.2, 0.25) is 0 Å². The van der Waals surface area contributed by atoms with Gasteiger partial charge in [0.25, 0.3) is 6.33 Å². The fraction of sp³-hybridized carbons (Fsp3) is 0. The first-order chi connectivity index (χ1) is 30.2. The van der Waals surface area contributed by atoms with Gasteiger partial charge in [0.15, 0.2) is 5.58 Å². The minimum absolute atomic E-state index is 0. The molecule has 0 aliphatic heterocycles. The zero-order valence-corrected chi connectivity index (χ0v) is 35.0. The molecule has 7 nitrogen and oxygen atoms in total. The number of hydrogen-bond acceptors (Lipinski definition) is 3. The zero-order chi connectivity index (χ0) is 40.0. The van der Waals surface area contributed by atoms with Crippen molar-refractivity contribution < 1.29 is 34.8 Å². The summed E-state index contributed by atoms with van der Waals surface area (Å²) < 4.78 is 21.5. The summed E-state index contributed by atoms with van der Waals surface area (Å²) in [4.78, 5) is 4.89. The van der Waals surface area contributed by atoms with E-state index < -0.39 is 0 Å². The fourth-order valence-corrected chi connectivity index (χ4v) is 9.10. The molecule has 0 saturated carbocycles. The fourth-order valence-electron chi connectivity index (χ4n) is 9.10. The Bertz CT molecular complexity index is 3880. The van der Waals surface area contributed by atoms with Crippen molar-refractivity contribution in [3.8, 4) is 34.4 Å². The van der Waals surface area contributed by atoms with Gasteiger partial charge in [-0.1, -0.05) is 115 Å². The summed E-state index contributed by atoms with van der Waals surface area (Å²) in [7, 11) is 0. The molecule has 0 bridgehead atoms. The molecule has 0 N–H and O–H groups in total. The number of pyridine rings is 1. The SMILES string of the molecule is [Pt].[c-]1c(Oc2[c-]c3c(cc2)c2ccccc2n3-c2cc3c(cn2)oc2ccccc23)cccc1-n1[c-][n+](-c2cccc3c4ccccc4n(-c4ccccc4)c23)c2ccccc21. The number of para-hydroxylation sites is 7. The first kappa shape index (κ1) is 36.1. The number of imidazole rings is 1. The van der Waals surface area contributed by atoms with E-state index in [1.807, 2.05) is 42.5 Å². The van der Waals surface area contributed by atoms with Crippen LogP contribution >= 0.6 is 0 Å². The molecule has 13 rings (SSSR count). The monoisotopic (exact) mass is 976 g/mol. The van der Waals surface area contributed by atoms with Crippen LogP contribution in [-0.4, -0.2) is 18.7 Å². The molecular formula is C54H31N5O2Pt-2. The predicted octanol–water partition coefficient (Wildman–Crippen LogP) is 12.6. The number of aromatic nitrogens is 5. The van der Waals surface area contributed by atoms with Crippen molar-refractivity contribution in [3.05, 3.63) is 207 Å². The van der Waals surface area contributed by atoms with Gasteiger partial charge in [-0.2, -0.15) is 18.2 Å². The van der Waals surface area contributed by atoms with Crippen LogP contribution in [0, 0.1) is 18.5 Å². The molecule has 0 saturated heterocycles. The van der Waals surface area contributed by atoms with E-state index in [4.69, 9.17) is 14.1 Å². The number of fused-ring (bicyclic) bond motifs is 10. The standard InChI is InChI=1S/C54H31N5O2.Pt/c1-2-14-35(15-3-1)58-45-22-7-5-19-40(45)43-21-13-26-49(54(43)58)57-34-56(47-24-9-10-25-48(47)57)36-16-12-17-37(30-36)60-38-28-29-41-39-18-4-8-23-46(39)59(50(41)31-38)53-32-44-42-20-6-11-27-51(42)61-52(44)33-55-53;/h1-29,32-33H;/q-2;. The third-order valence-electron chi connectivity index (χ3n) is 11.7. The van der Waals surface area contributed by atoms with Gasteiger partial charge < -0.3 is 22.9 Å². The molecule has 0 unspecified atom stereocenters. The van der Waals surface area contributed by atoms with Gasteiger partial charge >= 0.3 is 0 Å². The van der Waals surface area contributed by atoms with E-state index in [0.717, 1.165) is 88.7 Å². The Kier molecular flexibility index (Phi) is 8.27. The number of ether oxygens (including phenoxy) is 1. The molecule has 13 aromatic rings. The van der Waals surface area contributed by atoms with Crippen molar-refractivity contribution >= 4 is 76.6 Å². The average molecular weight is 977 g/mol. The molecule has 5 heterocycles. The molecule has 5 aromatic heterocycles. The maximum Gasteiger partial charge on any atom is 0.268 e. The summed E-state index contributed by atoms with van der Waals surface area (Å²) >= 11 is 0. The zero-order valence-electron chi connectivity index (χ0n) is 32.8. The summed E-state index contributed by atoms with van der Waals surface area (Å²) in [5.41, 5.74) is 10.7. The summed E-state index contributed by atoms with van der Waals surface area (Å²) in [6.07, 6.45) is 5.53. The van der Waals surface area contributed by atoms with Crippen molar-refractivity contribution in [2.75, 3.05) is 0 Å². The van der Waals surface area contributed by atoms with Gasteiger partial charge in [0.1, 0.15) is 11.4 Å².